The minimum absolute atomic E-state index is 0.0140. The van der Waals surface area contributed by atoms with E-state index in [2.05, 4.69) is 36.1 Å². The fourth-order valence-electron chi connectivity index (χ4n) is 2.56. The van der Waals surface area contributed by atoms with Crippen LogP contribution in [-0.4, -0.2) is 26.6 Å². The van der Waals surface area contributed by atoms with Crippen molar-refractivity contribution in [3.8, 4) is 0 Å². The van der Waals surface area contributed by atoms with Gasteiger partial charge in [0.25, 0.3) is 0 Å². The Labute approximate surface area is 152 Å². The number of benzene rings is 2. The van der Waals surface area contributed by atoms with Crippen molar-refractivity contribution in [3.05, 3.63) is 60.7 Å². The first-order valence-electron chi connectivity index (χ1n) is 8.01. The third-order valence-electron chi connectivity index (χ3n) is 3.79. The van der Waals surface area contributed by atoms with Crippen LogP contribution in [0.1, 0.15) is 0 Å². The maximum absolute atomic E-state index is 14.1. The number of halogens is 1. The lowest BCUT2D eigenvalue weighted by Gasteiger charge is -2.10. The van der Waals surface area contributed by atoms with Gasteiger partial charge in [-0.3, -0.25) is 9.89 Å². The number of rotatable bonds is 6. The number of H-pyrrole nitrogens is 1. The lowest BCUT2D eigenvalue weighted by atomic mass is 10.2. The predicted molar refractivity (Wildman–Crippen MR) is 101 cm³/mol. The monoisotopic (exact) mass is 363 g/mol. The van der Waals surface area contributed by atoms with Gasteiger partial charge in [0.2, 0.25) is 12.4 Å². The second-order valence-corrected chi connectivity index (χ2v) is 5.66. The summed E-state index contributed by atoms with van der Waals surface area (Å²) in [5.74, 6) is -0.344. The average molecular weight is 363 g/mol. The van der Waals surface area contributed by atoms with Gasteiger partial charge in [-0.05, 0) is 36.4 Å². The van der Waals surface area contributed by atoms with E-state index in [4.69, 9.17) is 0 Å². The van der Waals surface area contributed by atoms with Crippen LogP contribution in [-0.2, 0) is 4.79 Å². The van der Waals surface area contributed by atoms with E-state index in [9.17, 15) is 9.18 Å². The largest absolute Gasteiger partial charge is 0.338 e. The standard InChI is InChI=1S/C18H14FN7O/c19-15-9-20-18(24-14-4-5-16-11(6-14)8-22-26-16)25-17(15)23-13-3-1-2-12(7-13)21-10-27/h1-10H,(H,21,27)(H,22,26)(H2,20,23,24,25). The lowest BCUT2D eigenvalue weighted by molar-refractivity contribution is -0.105. The maximum atomic E-state index is 14.1. The summed E-state index contributed by atoms with van der Waals surface area (Å²) in [4.78, 5) is 18.7. The van der Waals surface area contributed by atoms with Gasteiger partial charge in [-0.2, -0.15) is 10.1 Å². The van der Waals surface area contributed by atoms with Gasteiger partial charge in [-0.1, -0.05) is 6.07 Å². The molecule has 0 aliphatic heterocycles. The molecule has 0 bridgehead atoms. The maximum Gasteiger partial charge on any atom is 0.229 e. The molecule has 134 valence electrons. The van der Waals surface area contributed by atoms with Gasteiger partial charge in [0.05, 0.1) is 17.9 Å². The molecule has 0 unspecified atom stereocenters. The first-order chi connectivity index (χ1) is 13.2. The molecular formula is C18H14FN7O. The van der Waals surface area contributed by atoms with Crippen LogP contribution in [0.4, 0.5) is 33.2 Å². The van der Waals surface area contributed by atoms with Crippen molar-refractivity contribution >= 4 is 46.1 Å². The van der Waals surface area contributed by atoms with Crippen molar-refractivity contribution in [2.75, 3.05) is 16.0 Å². The zero-order chi connectivity index (χ0) is 18.6. The Morgan fingerprint density at radius 2 is 1.85 bits per heavy atom. The van der Waals surface area contributed by atoms with Crippen molar-refractivity contribution in [3.63, 3.8) is 0 Å². The quantitative estimate of drug-likeness (QED) is 0.390. The average Bonchev–Trinajstić information content (AvgIpc) is 3.13. The molecule has 0 radical (unpaired) electrons. The molecule has 0 saturated heterocycles. The zero-order valence-corrected chi connectivity index (χ0v) is 13.9. The number of hydrogen-bond acceptors (Lipinski definition) is 6. The molecule has 2 heterocycles. The molecular weight excluding hydrogens is 349 g/mol. The molecule has 0 atom stereocenters. The van der Waals surface area contributed by atoms with Crippen molar-refractivity contribution in [2.24, 2.45) is 0 Å². The Morgan fingerprint density at radius 1 is 1.00 bits per heavy atom. The molecule has 9 heteroatoms. The second-order valence-electron chi connectivity index (χ2n) is 5.66. The highest BCUT2D eigenvalue weighted by molar-refractivity contribution is 5.82. The van der Waals surface area contributed by atoms with Crippen LogP contribution in [0.3, 0.4) is 0 Å². The number of nitrogens with one attached hydrogen (secondary N) is 4. The van der Waals surface area contributed by atoms with E-state index < -0.39 is 5.82 Å². The molecule has 27 heavy (non-hydrogen) atoms. The minimum Gasteiger partial charge on any atom is -0.338 e. The predicted octanol–water partition coefficient (Wildman–Crippen LogP) is 3.55. The summed E-state index contributed by atoms with van der Waals surface area (Å²) in [6, 6.07) is 12.4. The van der Waals surface area contributed by atoms with Gasteiger partial charge < -0.3 is 16.0 Å². The molecule has 2 aromatic carbocycles. The summed E-state index contributed by atoms with van der Waals surface area (Å²) in [7, 11) is 0. The smallest absolute Gasteiger partial charge is 0.229 e. The fourth-order valence-corrected chi connectivity index (χ4v) is 2.56. The number of nitrogens with zero attached hydrogens (tertiary/aromatic N) is 3. The van der Waals surface area contributed by atoms with E-state index in [0.29, 0.717) is 17.8 Å². The van der Waals surface area contributed by atoms with E-state index in [0.717, 1.165) is 22.8 Å². The van der Waals surface area contributed by atoms with Crippen LogP contribution in [0.15, 0.2) is 54.9 Å². The molecule has 0 saturated carbocycles. The van der Waals surface area contributed by atoms with Crippen molar-refractivity contribution in [1.29, 1.82) is 0 Å². The number of anilines is 5. The topological polar surface area (TPSA) is 108 Å². The van der Waals surface area contributed by atoms with E-state index in [1.807, 2.05) is 18.2 Å². The Balaban J connectivity index is 1.57. The van der Waals surface area contributed by atoms with Gasteiger partial charge in [-0.15, -0.1) is 0 Å². The van der Waals surface area contributed by atoms with Crippen LogP contribution in [0.5, 0.6) is 0 Å². The Kier molecular flexibility index (Phi) is 4.32. The van der Waals surface area contributed by atoms with Gasteiger partial charge in [-0.25, -0.2) is 9.37 Å². The fraction of sp³-hybridized carbons (Fsp3) is 0. The van der Waals surface area contributed by atoms with Crippen LogP contribution < -0.4 is 16.0 Å². The van der Waals surface area contributed by atoms with Crippen LogP contribution >= 0.6 is 0 Å². The zero-order valence-electron chi connectivity index (χ0n) is 13.9. The Hall–Kier alpha value is -4.01. The molecule has 0 aliphatic rings. The van der Waals surface area contributed by atoms with E-state index in [-0.39, 0.29) is 11.8 Å². The second kappa shape index (κ2) is 7.08. The summed E-state index contributed by atoms with van der Waals surface area (Å²) >= 11 is 0. The van der Waals surface area contributed by atoms with E-state index in [1.54, 1.807) is 30.5 Å². The molecule has 0 spiro atoms. The first kappa shape index (κ1) is 16.5. The molecule has 4 N–H and O–H groups in total. The minimum atomic E-state index is -0.598. The number of carbonyl (C=O) groups is 1. The molecule has 2 aromatic heterocycles. The highest BCUT2D eigenvalue weighted by Crippen LogP contribution is 2.23. The van der Waals surface area contributed by atoms with Crippen LogP contribution in [0.25, 0.3) is 10.9 Å². The Bertz CT molecular complexity index is 1110. The number of aromatic amines is 1. The molecule has 4 aromatic rings. The molecule has 8 nitrogen and oxygen atoms in total. The van der Waals surface area contributed by atoms with Crippen LogP contribution in [0.2, 0.25) is 0 Å². The number of aromatic nitrogens is 4. The third kappa shape index (κ3) is 3.66. The van der Waals surface area contributed by atoms with Crippen molar-refractivity contribution < 1.29 is 9.18 Å². The summed E-state index contributed by atoms with van der Waals surface area (Å²) in [6.07, 6.45) is 3.37. The van der Waals surface area contributed by atoms with Crippen LogP contribution in [0, 0.1) is 5.82 Å². The van der Waals surface area contributed by atoms with Gasteiger partial charge >= 0.3 is 0 Å². The molecule has 0 fully saturated rings. The number of amides is 1. The van der Waals surface area contributed by atoms with Gasteiger partial charge in [0.1, 0.15) is 0 Å². The van der Waals surface area contributed by atoms with E-state index in [1.165, 1.54) is 0 Å². The normalized spacial score (nSPS) is 10.6. The summed E-state index contributed by atoms with van der Waals surface area (Å²) in [5.41, 5.74) is 2.81. The highest BCUT2D eigenvalue weighted by atomic mass is 19.1. The third-order valence-corrected chi connectivity index (χ3v) is 3.79. The number of hydrogen-bond donors (Lipinski definition) is 4. The summed E-state index contributed by atoms with van der Waals surface area (Å²) in [6.45, 7) is 0. The van der Waals surface area contributed by atoms with Crippen molar-refractivity contribution in [2.45, 2.75) is 0 Å². The van der Waals surface area contributed by atoms with Crippen molar-refractivity contribution in [1.82, 2.24) is 20.2 Å². The summed E-state index contributed by atoms with van der Waals surface area (Å²) in [5, 5.41) is 16.2. The highest BCUT2D eigenvalue weighted by Gasteiger charge is 2.09. The van der Waals surface area contributed by atoms with Gasteiger partial charge in [0.15, 0.2) is 11.6 Å². The number of fused-ring (bicyclic) bond motifs is 1. The lowest BCUT2D eigenvalue weighted by Crippen LogP contribution is -2.03. The van der Waals surface area contributed by atoms with Gasteiger partial charge in [0, 0.05) is 22.4 Å². The first-order valence-corrected chi connectivity index (χ1v) is 8.01. The molecule has 0 aliphatic carbocycles. The van der Waals surface area contributed by atoms with E-state index >= 15 is 0 Å². The summed E-state index contributed by atoms with van der Waals surface area (Å²) < 4.78 is 14.1. The SMILES string of the molecule is O=CNc1cccc(Nc2nc(Nc3ccc4[nH]ncc4c3)ncc2F)c1. The molecule has 1 amide bonds. The number of carbonyl (C=O) groups excluding carboxylic acids is 1. The Morgan fingerprint density at radius 3 is 2.74 bits per heavy atom. The molecule has 4 rings (SSSR count).